The molecule has 0 saturated carbocycles. The summed E-state index contributed by atoms with van der Waals surface area (Å²) in [4.78, 5) is 12.9. The summed E-state index contributed by atoms with van der Waals surface area (Å²) in [6.07, 6.45) is 2.72. The number of anilines is 1. The van der Waals surface area contributed by atoms with Crippen LogP contribution >= 0.6 is 0 Å². The van der Waals surface area contributed by atoms with Crippen LogP contribution in [0.5, 0.6) is 0 Å². The quantitative estimate of drug-likeness (QED) is 0.668. The van der Waals surface area contributed by atoms with Gasteiger partial charge < -0.3 is 5.32 Å². The Balaban J connectivity index is 1.47. The van der Waals surface area contributed by atoms with Crippen molar-refractivity contribution >= 4 is 21.6 Å². The fourth-order valence-corrected chi connectivity index (χ4v) is 5.07. The van der Waals surface area contributed by atoms with Gasteiger partial charge in [0.1, 0.15) is 6.33 Å². The summed E-state index contributed by atoms with van der Waals surface area (Å²) in [6.45, 7) is 2.51. The van der Waals surface area contributed by atoms with Crippen molar-refractivity contribution in [3.63, 3.8) is 0 Å². The maximum absolute atomic E-state index is 13.1. The van der Waals surface area contributed by atoms with Gasteiger partial charge in [-0.2, -0.15) is 4.31 Å². The molecule has 1 saturated heterocycles. The van der Waals surface area contributed by atoms with E-state index in [1.807, 2.05) is 31.2 Å². The molecule has 1 N–H and O–H groups in total. The summed E-state index contributed by atoms with van der Waals surface area (Å²) < 4.78 is 29.0. The van der Waals surface area contributed by atoms with E-state index in [1.165, 1.54) is 27.4 Å². The van der Waals surface area contributed by atoms with Gasteiger partial charge in [-0.25, -0.2) is 13.1 Å². The van der Waals surface area contributed by atoms with Crippen LogP contribution in [0.15, 0.2) is 59.8 Å². The third-order valence-corrected chi connectivity index (χ3v) is 7.01. The minimum atomic E-state index is -3.70. The molecule has 0 radical (unpaired) electrons. The largest absolute Gasteiger partial charge is 0.326 e. The average Bonchev–Trinajstić information content (AvgIpc) is 3.29. The second-order valence-electron chi connectivity index (χ2n) is 7.31. The first-order chi connectivity index (χ1) is 14.4. The maximum atomic E-state index is 13.1. The number of sulfonamides is 1. The van der Waals surface area contributed by atoms with Crippen LogP contribution in [0.1, 0.15) is 18.4 Å². The van der Waals surface area contributed by atoms with Gasteiger partial charge in [-0.15, -0.1) is 5.10 Å². The van der Waals surface area contributed by atoms with E-state index in [2.05, 4.69) is 20.8 Å². The van der Waals surface area contributed by atoms with Crippen LogP contribution in [0, 0.1) is 12.8 Å². The van der Waals surface area contributed by atoms with Crippen LogP contribution in [0.4, 0.5) is 5.69 Å². The highest BCUT2D eigenvalue weighted by Crippen LogP contribution is 2.25. The Hall–Kier alpha value is -3.11. The molecule has 4 rings (SSSR count). The minimum absolute atomic E-state index is 0.158. The fraction of sp³-hybridized carbons (Fsp3) is 0.300. The van der Waals surface area contributed by atoms with Crippen molar-refractivity contribution < 1.29 is 13.2 Å². The number of hydrogen-bond donors (Lipinski definition) is 1. The number of piperidine rings is 1. The van der Waals surface area contributed by atoms with Gasteiger partial charge in [0.2, 0.25) is 15.9 Å². The monoisotopic (exact) mass is 426 g/mol. The van der Waals surface area contributed by atoms with E-state index < -0.39 is 15.9 Å². The number of rotatable bonds is 5. The van der Waals surface area contributed by atoms with E-state index in [4.69, 9.17) is 0 Å². The van der Waals surface area contributed by atoms with Crippen molar-refractivity contribution in [3.05, 3.63) is 60.4 Å². The Bertz CT molecular complexity index is 1130. The number of nitrogens with one attached hydrogen (secondary N) is 1. The highest BCUT2D eigenvalue weighted by Gasteiger charge is 2.33. The molecular formula is C20H22N6O3S. The Morgan fingerprint density at radius 1 is 1.17 bits per heavy atom. The summed E-state index contributed by atoms with van der Waals surface area (Å²) in [7, 11) is -3.70. The van der Waals surface area contributed by atoms with Crippen molar-refractivity contribution in [1.29, 1.82) is 0 Å². The summed E-state index contributed by atoms with van der Waals surface area (Å²) in [5.41, 5.74) is 2.43. The molecule has 1 fully saturated rings. The third kappa shape index (κ3) is 4.24. The van der Waals surface area contributed by atoms with Crippen LogP contribution in [-0.2, 0) is 14.8 Å². The second kappa shape index (κ2) is 8.33. The van der Waals surface area contributed by atoms with E-state index in [1.54, 1.807) is 12.1 Å². The Morgan fingerprint density at radius 2 is 1.97 bits per heavy atom. The molecule has 2 aromatic carbocycles. The molecule has 2 heterocycles. The molecule has 0 spiro atoms. The number of hydrogen-bond acceptors (Lipinski definition) is 6. The van der Waals surface area contributed by atoms with E-state index in [-0.39, 0.29) is 17.3 Å². The molecule has 3 aromatic rings. The first-order valence-corrected chi connectivity index (χ1v) is 11.1. The fourth-order valence-electron chi connectivity index (χ4n) is 3.54. The van der Waals surface area contributed by atoms with Crippen molar-refractivity contribution in [2.24, 2.45) is 5.92 Å². The summed E-state index contributed by atoms with van der Waals surface area (Å²) >= 11 is 0. The maximum Gasteiger partial charge on any atom is 0.243 e. The summed E-state index contributed by atoms with van der Waals surface area (Å²) in [6, 6.07) is 13.9. The van der Waals surface area contributed by atoms with Crippen molar-refractivity contribution in [1.82, 2.24) is 24.5 Å². The molecule has 9 nitrogen and oxygen atoms in total. The van der Waals surface area contributed by atoms with Crippen LogP contribution in [-0.4, -0.2) is 51.9 Å². The zero-order valence-electron chi connectivity index (χ0n) is 16.5. The normalized spacial score (nSPS) is 17.6. The topological polar surface area (TPSA) is 110 Å². The first-order valence-electron chi connectivity index (χ1n) is 9.64. The van der Waals surface area contributed by atoms with Gasteiger partial charge in [0.05, 0.1) is 16.5 Å². The Kier molecular flexibility index (Phi) is 5.60. The molecule has 10 heteroatoms. The van der Waals surface area contributed by atoms with Gasteiger partial charge in [0, 0.05) is 18.8 Å². The zero-order chi connectivity index (χ0) is 21.1. The molecule has 30 heavy (non-hydrogen) atoms. The minimum Gasteiger partial charge on any atom is -0.326 e. The van der Waals surface area contributed by atoms with E-state index >= 15 is 0 Å². The lowest BCUT2D eigenvalue weighted by atomic mass is 9.98. The van der Waals surface area contributed by atoms with Crippen molar-refractivity contribution in [3.8, 4) is 5.69 Å². The van der Waals surface area contributed by atoms with Crippen molar-refractivity contribution in [2.75, 3.05) is 18.4 Å². The summed E-state index contributed by atoms with van der Waals surface area (Å²) in [5, 5.41) is 13.8. The number of carbonyl (C=O) groups is 1. The number of benzene rings is 2. The van der Waals surface area contributed by atoms with Gasteiger partial charge in [-0.05, 0) is 72.2 Å². The van der Waals surface area contributed by atoms with E-state index in [0.717, 1.165) is 11.3 Å². The highest BCUT2D eigenvalue weighted by atomic mass is 32.2. The molecule has 1 atom stereocenters. The third-order valence-electron chi connectivity index (χ3n) is 5.13. The highest BCUT2D eigenvalue weighted by molar-refractivity contribution is 7.89. The molecule has 0 unspecified atom stereocenters. The zero-order valence-corrected chi connectivity index (χ0v) is 17.3. The lowest BCUT2D eigenvalue weighted by molar-refractivity contribution is -0.120. The van der Waals surface area contributed by atoms with Crippen LogP contribution in [0.2, 0.25) is 0 Å². The first kappa shape index (κ1) is 20.2. The van der Waals surface area contributed by atoms with Crippen LogP contribution in [0.3, 0.4) is 0 Å². The van der Waals surface area contributed by atoms with Crippen LogP contribution in [0.25, 0.3) is 5.69 Å². The Labute approximate surface area is 174 Å². The molecular weight excluding hydrogens is 404 g/mol. The Morgan fingerprint density at radius 3 is 2.67 bits per heavy atom. The number of aromatic nitrogens is 4. The van der Waals surface area contributed by atoms with E-state index in [9.17, 15) is 13.2 Å². The van der Waals surface area contributed by atoms with Crippen LogP contribution < -0.4 is 5.32 Å². The van der Waals surface area contributed by atoms with Gasteiger partial charge >= 0.3 is 0 Å². The lowest BCUT2D eigenvalue weighted by Gasteiger charge is -2.31. The number of nitrogens with zero attached hydrogens (tertiary/aromatic N) is 5. The molecule has 0 aliphatic carbocycles. The smallest absolute Gasteiger partial charge is 0.243 e. The molecule has 1 aliphatic heterocycles. The summed E-state index contributed by atoms with van der Waals surface area (Å²) in [5.74, 6) is -0.552. The van der Waals surface area contributed by atoms with Gasteiger partial charge in [0.15, 0.2) is 0 Å². The van der Waals surface area contributed by atoms with E-state index in [0.29, 0.717) is 25.1 Å². The number of carbonyl (C=O) groups excluding carboxylic acids is 1. The number of amides is 1. The van der Waals surface area contributed by atoms with Gasteiger partial charge in [-0.3, -0.25) is 4.79 Å². The van der Waals surface area contributed by atoms with Gasteiger partial charge in [-0.1, -0.05) is 12.1 Å². The predicted octanol–water partition coefficient (Wildman–Crippen LogP) is 2.01. The predicted molar refractivity (Wildman–Crippen MR) is 110 cm³/mol. The number of tetrazole rings is 1. The molecule has 1 amide bonds. The molecule has 0 bridgehead atoms. The molecule has 1 aliphatic rings. The number of aryl methyl sites for hydroxylation is 1. The second-order valence-corrected chi connectivity index (χ2v) is 9.25. The molecule has 1 aromatic heterocycles. The SMILES string of the molecule is Cc1cccc(NC(=O)[C@H]2CCCN(S(=O)(=O)c3ccc(-n4cnnn4)cc3)C2)c1. The lowest BCUT2D eigenvalue weighted by Crippen LogP contribution is -2.43. The van der Waals surface area contributed by atoms with Crippen molar-refractivity contribution in [2.45, 2.75) is 24.7 Å². The standard InChI is InChI=1S/C20H22N6O3S/c1-15-4-2-6-17(12-15)22-20(27)16-5-3-11-25(13-16)30(28,29)19-9-7-18(8-10-19)26-14-21-23-24-26/h2,4,6-10,12,14,16H,3,5,11,13H2,1H3,(H,22,27)/t16-/m0/s1. The average molecular weight is 427 g/mol. The van der Waals surface area contributed by atoms with Gasteiger partial charge in [0.25, 0.3) is 0 Å². The molecule has 156 valence electrons.